The van der Waals surface area contributed by atoms with Crippen molar-refractivity contribution >= 4 is 10.9 Å². The predicted molar refractivity (Wildman–Crippen MR) is 115 cm³/mol. The van der Waals surface area contributed by atoms with Crippen molar-refractivity contribution in [1.82, 2.24) is 9.88 Å². The molecule has 4 heteroatoms. The fourth-order valence-electron chi connectivity index (χ4n) is 4.59. The zero-order valence-corrected chi connectivity index (χ0v) is 16.4. The largest absolute Gasteiger partial charge is 0.508 e. The lowest BCUT2D eigenvalue weighted by Crippen LogP contribution is -2.35. The summed E-state index contributed by atoms with van der Waals surface area (Å²) in [4.78, 5) is 6.14. The Bertz CT molecular complexity index is 1160. The van der Waals surface area contributed by atoms with Gasteiger partial charge in [0.1, 0.15) is 11.5 Å². The Morgan fingerprint density at radius 2 is 1.86 bits per heavy atom. The molecule has 2 N–H and O–H groups in total. The Balaban J connectivity index is 1.63. The monoisotopic (exact) mass is 384 g/mol. The number of fused-ring (bicyclic) bond motifs is 3. The van der Waals surface area contributed by atoms with Gasteiger partial charge in [0.25, 0.3) is 0 Å². The number of rotatable bonds is 4. The van der Waals surface area contributed by atoms with Crippen LogP contribution in [-0.2, 0) is 13.0 Å². The molecule has 0 saturated carbocycles. The number of para-hydroxylation sites is 2. The number of H-pyrrole nitrogens is 1. The summed E-state index contributed by atoms with van der Waals surface area (Å²) < 4.78 is 5.59. The lowest BCUT2D eigenvalue weighted by atomic mass is 9.91. The Labute approximate surface area is 170 Å². The normalized spacial score (nSPS) is 16.7. The van der Waals surface area contributed by atoms with Gasteiger partial charge in [-0.15, -0.1) is 0 Å². The second kappa shape index (κ2) is 7.30. The van der Waals surface area contributed by atoms with Crippen LogP contribution in [0.5, 0.6) is 11.5 Å². The lowest BCUT2D eigenvalue weighted by Gasteiger charge is -2.36. The van der Waals surface area contributed by atoms with Crippen molar-refractivity contribution < 1.29 is 9.84 Å². The third-order valence-corrected chi connectivity index (χ3v) is 5.89. The summed E-state index contributed by atoms with van der Waals surface area (Å²) in [7, 11) is 1.72. The van der Waals surface area contributed by atoms with Gasteiger partial charge < -0.3 is 14.8 Å². The first kappa shape index (κ1) is 17.8. The average Bonchev–Trinajstić information content (AvgIpc) is 3.12. The molecule has 5 rings (SSSR count). The molecule has 1 aliphatic rings. The molecule has 0 fully saturated rings. The van der Waals surface area contributed by atoms with E-state index < -0.39 is 0 Å². The number of aromatic hydroxyl groups is 1. The van der Waals surface area contributed by atoms with E-state index in [1.807, 2.05) is 24.3 Å². The van der Waals surface area contributed by atoms with E-state index in [4.69, 9.17) is 4.74 Å². The molecule has 4 aromatic rings. The van der Waals surface area contributed by atoms with Crippen LogP contribution in [0.15, 0.2) is 72.8 Å². The number of hydrogen-bond acceptors (Lipinski definition) is 3. The zero-order chi connectivity index (χ0) is 19.8. The van der Waals surface area contributed by atoms with E-state index >= 15 is 0 Å². The number of aromatic nitrogens is 1. The van der Waals surface area contributed by atoms with E-state index in [-0.39, 0.29) is 6.04 Å². The van der Waals surface area contributed by atoms with Crippen molar-refractivity contribution in [2.24, 2.45) is 0 Å². The van der Waals surface area contributed by atoms with Crippen molar-refractivity contribution in [3.63, 3.8) is 0 Å². The van der Waals surface area contributed by atoms with Gasteiger partial charge in [-0.2, -0.15) is 0 Å². The average molecular weight is 384 g/mol. The van der Waals surface area contributed by atoms with Crippen molar-refractivity contribution in [1.29, 1.82) is 0 Å². The summed E-state index contributed by atoms with van der Waals surface area (Å²) in [5.41, 5.74) is 6.03. The third-order valence-electron chi connectivity index (χ3n) is 5.89. The molecule has 2 heterocycles. The fraction of sp³-hybridized carbons (Fsp3) is 0.200. The molecular weight excluding hydrogens is 360 g/mol. The molecule has 0 unspecified atom stereocenters. The number of nitrogens with one attached hydrogen (secondary N) is 1. The van der Waals surface area contributed by atoms with Crippen molar-refractivity contribution in [3.8, 4) is 11.5 Å². The molecule has 0 aliphatic carbocycles. The molecule has 3 aromatic carbocycles. The van der Waals surface area contributed by atoms with E-state index in [0.29, 0.717) is 5.75 Å². The number of ether oxygens (including phenoxy) is 1. The molecular formula is C25H24N2O2. The van der Waals surface area contributed by atoms with E-state index in [0.717, 1.165) is 30.8 Å². The summed E-state index contributed by atoms with van der Waals surface area (Å²) >= 11 is 0. The molecule has 1 aliphatic heterocycles. The van der Waals surface area contributed by atoms with Gasteiger partial charge in [-0.3, -0.25) is 4.90 Å². The summed E-state index contributed by atoms with van der Waals surface area (Å²) in [6.45, 7) is 1.71. The van der Waals surface area contributed by atoms with Crippen LogP contribution in [0.2, 0.25) is 0 Å². The standard InChI is InChI=1S/C25H24N2O2/c1-29-23-12-5-2-7-18(23)16-27-14-13-21-20-10-3-4-11-22(20)26-24(21)25(27)17-8-6-9-19(28)15-17/h2-12,15,25-26,28H,13-14,16H2,1H3/t25-/m0/s1. The maximum atomic E-state index is 10.1. The van der Waals surface area contributed by atoms with Gasteiger partial charge in [-0.25, -0.2) is 0 Å². The number of hydrogen-bond donors (Lipinski definition) is 2. The van der Waals surface area contributed by atoms with Crippen LogP contribution < -0.4 is 4.74 Å². The van der Waals surface area contributed by atoms with Gasteiger partial charge in [-0.1, -0.05) is 48.5 Å². The van der Waals surface area contributed by atoms with Gasteiger partial charge in [-0.05, 0) is 41.8 Å². The maximum Gasteiger partial charge on any atom is 0.123 e. The van der Waals surface area contributed by atoms with Gasteiger partial charge in [0.2, 0.25) is 0 Å². The molecule has 0 bridgehead atoms. The quantitative estimate of drug-likeness (QED) is 0.519. The van der Waals surface area contributed by atoms with Gasteiger partial charge in [0, 0.05) is 35.2 Å². The SMILES string of the molecule is COc1ccccc1CN1CCc2c([nH]c3ccccc23)[C@@H]1c1cccc(O)c1. The van der Waals surface area contributed by atoms with Crippen LogP contribution in [0, 0.1) is 0 Å². The fourth-order valence-corrected chi connectivity index (χ4v) is 4.59. The smallest absolute Gasteiger partial charge is 0.123 e. The highest BCUT2D eigenvalue weighted by atomic mass is 16.5. The number of methoxy groups -OCH3 is 1. The number of phenolic OH excluding ortho intramolecular Hbond substituents is 1. The molecule has 0 amide bonds. The third kappa shape index (κ3) is 3.15. The summed E-state index contributed by atoms with van der Waals surface area (Å²) in [5.74, 6) is 1.20. The first-order valence-corrected chi connectivity index (χ1v) is 9.99. The Hall–Kier alpha value is -3.24. The summed E-state index contributed by atoms with van der Waals surface area (Å²) in [6.07, 6.45) is 0.990. The first-order chi connectivity index (χ1) is 14.2. The minimum absolute atomic E-state index is 0.0446. The minimum atomic E-state index is 0.0446. The molecule has 0 radical (unpaired) electrons. The van der Waals surface area contributed by atoms with Crippen LogP contribution in [0.25, 0.3) is 10.9 Å². The lowest BCUT2D eigenvalue weighted by molar-refractivity contribution is 0.199. The summed E-state index contributed by atoms with van der Waals surface area (Å²) in [6, 6.07) is 24.4. The highest BCUT2D eigenvalue weighted by Crippen LogP contribution is 2.40. The van der Waals surface area contributed by atoms with Crippen LogP contribution in [0.4, 0.5) is 0 Å². The molecule has 29 heavy (non-hydrogen) atoms. The maximum absolute atomic E-state index is 10.1. The summed E-state index contributed by atoms with van der Waals surface area (Å²) in [5, 5.41) is 11.4. The van der Waals surface area contributed by atoms with Crippen molar-refractivity contribution in [2.75, 3.05) is 13.7 Å². The van der Waals surface area contributed by atoms with E-state index in [1.165, 1.54) is 27.7 Å². The second-order valence-corrected chi connectivity index (χ2v) is 7.59. The Morgan fingerprint density at radius 3 is 2.72 bits per heavy atom. The van der Waals surface area contributed by atoms with Crippen LogP contribution in [0.3, 0.4) is 0 Å². The Kier molecular flexibility index (Phi) is 4.49. The highest BCUT2D eigenvalue weighted by Gasteiger charge is 2.32. The van der Waals surface area contributed by atoms with Gasteiger partial charge in [0.05, 0.1) is 13.2 Å². The van der Waals surface area contributed by atoms with Crippen LogP contribution in [-0.4, -0.2) is 28.6 Å². The minimum Gasteiger partial charge on any atom is -0.508 e. The molecule has 1 atom stereocenters. The Morgan fingerprint density at radius 1 is 1.03 bits per heavy atom. The van der Waals surface area contributed by atoms with Crippen molar-refractivity contribution in [2.45, 2.75) is 19.0 Å². The van der Waals surface area contributed by atoms with Crippen LogP contribution >= 0.6 is 0 Å². The number of nitrogens with zero attached hydrogens (tertiary/aromatic N) is 1. The predicted octanol–water partition coefficient (Wildman–Crippen LogP) is 5.03. The topological polar surface area (TPSA) is 48.5 Å². The first-order valence-electron chi connectivity index (χ1n) is 9.99. The van der Waals surface area contributed by atoms with E-state index in [9.17, 15) is 5.11 Å². The second-order valence-electron chi connectivity index (χ2n) is 7.59. The van der Waals surface area contributed by atoms with E-state index in [2.05, 4.69) is 52.3 Å². The number of aromatic amines is 1. The number of phenols is 1. The molecule has 0 spiro atoms. The zero-order valence-electron chi connectivity index (χ0n) is 16.4. The molecule has 1 aromatic heterocycles. The van der Waals surface area contributed by atoms with Crippen LogP contribution in [0.1, 0.15) is 28.4 Å². The molecule has 146 valence electrons. The van der Waals surface area contributed by atoms with E-state index in [1.54, 1.807) is 13.2 Å². The van der Waals surface area contributed by atoms with Gasteiger partial charge in [0.15, 0.2) is 0 Å². The molecule has 4 nitrogen and oxygen atoms in total. The van der Waals surface area contributed by atoms with Crippen molar-refractivity contribution in [3.05, 3.63) is 95.2 Å². The molecule has 0 saturated heterocycles. The number of benzene rings is 3. The highest BCUT2D eigenvalue weighted by molar-refractivity contribution is 5.85. The van der Waals surface area contributed by atoms with Gasteiger partial charge >= 0.3 is 0 Å².